The van der Waals surface area contributed by atoms with Crippen molar-refractivity contribution in [1.82, 2.24) is 10.4 Å². The number of methoxy groups -OCH3 is 1. The van der Waals surface area contributed by atoms with Gasteiger partial charge in [0.1, 0.15) is 0 Å². The van der Waals surface area contributed by atoms with E-state index in [0.29, 0.717) is 19.0 Å². The molecule has 0 spiro atoms. The number of hydrogen-bond acceptors (Lipinski definition) is 5. The molecule has 0 aliphatic rings. The van der Waals surface area contributed by atoms with Crippen molar-refractivity contribution in [2.45, 2.75) is 0 Å². The largest absolute Gasteiger partial charge is 0.383 e. The molecule has 0 amide bonds. The van der Waals surface area contributed by atoms with Crippen molar-refractivity contribution in [1.29, 1.82) is 0 Å². The SMILES string of the molecule is COCCN=C(NN)c1cncs1. The van der Waals surface area contributed by atoms with E-state index in [0.717, 1.165) is 4.88 Å². The number of hydrazine groups is 1. The zero-order valence-electron chi connectivity index (χ0n) is 7.36. The Hall–Kier alpha value is -0.980. The molecular formula is C7H12N4OS. The number of nitrogens with one attached hydrogen (secondary N) is 1. The van der Waals surface area contributed by atoms with Crippen LogP contribution in [0.15, 0.2) is 16.7 Å². The van der Waals surface area contributed by atoms with E-state index in [1.165, 1.54) is 11.3 Å². The third-order valence-corrected chi connectivity index (χ3v) is 2.15. The molecule has 5 nitrogen and oxygen atoms in total. The first-order valence-electron chi connectivity index (χ1n) is 3.77. The smallest absolute Gasteiger partial charge is 0.154 e. The van der Waals surface area contributed by atoms with Gasteiger partial charge >= 0.3 is 0 Å². The van der Waals surface area contributed by atoms with Gasteiger partial charge in [-0.25, -0.2) is 5.84 Å². The van der Waals surface area contributed by atoms with Crippen LogP contribution >= 0.6 is 11.3 Å². The molecule has 0 fully saturated rings. The van der Waals surface area contributed by atoms with Gasteiger partial charge in [-0.15, -0.1) is 11.3 Å². The van der Waals surface area contributed by atoms with Crippen LogP contribution in [0.2, 0.25) is 0 Å². The zero-order valence-corrected chi connectivity index (χ0v) is 8.17. The number of thiazole rings is 1. The lowest BCUT2D eigenvalue weighted by atomic mass is 10.5. The summed E-state index contributed by atoms with van der Waals surface area (Å²) in [7, 11) is 1.64. The average molecular weight is 200 g/mol. The predicted octanol–water partition coefficient (Wildman–Crippen LogP) is -0.000600. The number of aliphatic imine (C=N–C) groups is 1. The van der Waals surface area contributed by atoms with E-state index in [1.807, 2.05) is 0 Å². The Morgan fingerprint density at radius 1 is 1.85 bits per heavy atom. The average Bonchev–Trinajstić information content (AvgIpc) is 2.65. The molecule has 0 unspecified atom stereocenters. The maximum atomic E-state index is 5.30. The van der Waals surface area contributed by atoms with Crippen molar-refractivity contribution < 1.29 is 4.74 Å². The van der Waals surface area contributed by atoms with Gasteiger partial charge in [0, 0.05) is 13.3 Å². The highest BCUT2D eigenvalue weighted by molar-refractivity contribution is 7.11. The van der Waals surface area contributed by atoms with Crippen LogP contribution in [0.4, 0.5) is 0 Å². The first kappa shape index (κ1) is 10.1. The lowest BCUT2D eigenvalue weighted by molar-refractivity contribution is 0.208. The molecule has 72 valence electrons. The summed E-state index contributed by atoms with van der Waals surface area (Å²) in [6.07, 6.45) is 1.72. The molecule has 3 N–H and O–H groups in total. The van der Waals surface area contributed by atoms with Gasteiger partial charge in [0.15, 0.2) is 5.84 Å². The van der Waals surface area contributed by atoms with Gasteiger partial charge in [0.05, 0.1) is 23.5 Å². The minimum atomic E-state index is 0.587. The summed E-state index contributed by atoms with van der Waals surface area (Å²) in [5.41, 5.74) is 4.26. The summed E-state index contributed by atoms with van der Waals surface area (Å²) in [4.78, 5) is 9.06. The van der Waals surface area contributed by atoms with Crippen LogP contribution in [-0.2, 0) is 4.74 Å². The summed E-state index contributed by atoms with van der Waals surface area (Å²) in [6.45, 7) is 1.18. The first-order valence-corrected chi connectivity index (χ1v) is 4.65. The fourth-order valence-electron chi connectivity index (χ4n) is 0.776. The fourth-order valence-corrected chi connectivity index (χ4v) is 1.37. The van der Waals surface area contributed by atoms with Gasteiger partial charge in [-0.2, -0.15) is 0 Å². The summed E-state index contributed by atoms with van der Waals surface area (Å²) < 4.78 is 4.87. The van der Waals surface area contributed by atoms with Gasteiger partial charge in [0.2, 0.25) is 0 Å². The van der Waals surface area contributed by atoms with Gasteiger partial charge in [-0.3, -0.25) is 9.98 Å². The van der Waals surface area contributed by atoms with E-state index in [1.54, 1.807) is 18.8 Å². The van der Waals surface area contributed by atoms with E-state index in [4.69, 9.17) is 10.6 Å². The van der Waals surface area contributed by atoms with Crippen LogP contribution in [0, 0.1) is 0 Å². The standard InChI is InChI=1S/C7H12N4OS/c1-12-3-2-10-7(11-8)6-4-9-5-13-6/h4-5H,2-3,8H2,1H3,(H,10,11). The molecule has 1 aromatic heterocycles. The maximum absolute atomic E-state index is 5.30. The third-order valence-electron chi connectivity index (χ3n) is 1.37. The molecule has 0 radical (unpaired) electrons. The van der Waals surface area contributed by atoms with E-state index in [9.17, 15) is 0 Å². The summed E-state index contributed by atoms with van der Waals surface area (Å²) in [5, 5.41) is 0. The van der Waals surface area contributed by atoms with Crippen LogP contribution in [0.25, 0.3) is 0 Å². The van der Waals surface area contributed by atoms with Crippen molar-refractivity contribution >= 4 is 17.2 Å². The predicted molar refractivity (Wildman–Crippen MR) is 52.7 cm³/mol. The van der Waals surface area contributed by atoms with E-state index < -0.39 is 0 Å². The highest BCUT2D eigenvalue weighted by Crippen LogP contribution is 2.04. The van der Waals surface area contributed by atoms with Gasteiger partial charge in [0.25, 0.3) is 0 Å². The Balaban J connectivity index is 2.57. The van der Waals surface area contributed by atoms with Crippen LogP contribution < -0.4 is 11.3 Å². The lowest BCUT2D eigenvalue weighted by Crippen LogP contribution is -2.30. The Labute approximate surface area is 80.6 Å². The number of amidine groups is 1. The molecule has 1 aromatic rings. The molecule has 13 heavy (non-hydrogen) atoms. The van der Waals surface area contributed by atoms with Crippen molar-refractivity contribution in [3.05, 3.63) is 16.6 Å². The molecule has 6 heteroatoms. The maximum Gasteiger partial charge on any atom is 0.154 e. The van der Waals surface area contributed by atoms with E-state index >= 15 is 0 Å². The number of ether oxygens (including phenoxy) is 1. The minimum Gasteiger partial charge on any atom is -0.383 e. The number of nitrogens with two attached hydrogens (primary N) is 1. The third kappa shape index (κ3) is 3.10. The monoisotopic (exact) mass is 200 g/mol. The zero-order chi connectivity index (χ0) is 9.52. The normalized spacial score (nSPS) is 11.7. The number of aromatic nitrogens is 1. The van der Waals surface area contributed by atoms with Crippen molar-refractivity contribution in [2.75, 3.05) is 20.3 Å². The molecule has 0 aromatic carbocycles. The van der Waals surface area contributed by atoms with Crippen molar-refractivity contribution in [3.63, 3.8) is 0 Å². The van der Waals surface area contributed by atoms with Gasteiger partial charge < -0.3 is 10.2 Å². The minimum absolute atomic E-state index is 0.587. The highest BCUT2D eigenvalue weighted by atomic mass is 32.1. The fraction of sp³-hybridized carbons (Fsp3) is 0.429. The van der Waals surface area contributed by atoms with E-state index in [2.05, 4.69) is 15.4 Å². The van der Waals surface area contributed by atoms with Crippen molar-refractivity contribution in [2.24, 2.45) is 10.8 Å². The molecular weight excluding hydrogens is 188 g/mol. The topological polar surface area (TPSA) is 72.5 Å². The number of nitrogens with zero attached hydrogens (tertiary/aromatic N) is 2. The quantitative estimate of drug-likeness (QED) is 0.236. The Morgan fingerprint density at radius 2 is 2.69 bits per heavy atom. The number of rotatable bonds is 4. The molecule has 0 saturated heterocycles. The Kier molecular flexibility index (Phi) is 4.37. The second-order valence-electron chi connectivity index (χ2n) is 2.23. The van der Waals surface area contributed by atoms with Gasteiger partial charge in [-0.05, 0) is 0 Å². The molecule has 0 bridgehead atoms. The molecule has 0 aliphatic carbocycles. The number of hydrogen-bond donors (Lipinski definition) is 2. The molecule has 1 rings (SSSR count). The molecule has 0 atom stereocenters. The summed E-state index contributed by atoms with van der Waals surface area (Å²) >= 11 is 1.49. The van der Waals surface area contributed by atoms with Crippen LogP contribution in [-0.4, -0.2) is 31.1 Å². The lowest BCUT2D eigenvalue weighted by Gasteiger charge is -2.01. The second kappa shape index (κ2) is 5.63. The summed E-state index contributed by atoms with van der Waals surface area (Å²) in [5.74, 6) is 5.96. The summed E-state index contributed by atoms with van der Waals surface area (Å²) in [6, 6.07) is 0. The Bertz CT molecular complexity index is 259. The van der Waals surface area contributed by atoms with Crippen molar-refractivity contribution in [3.8, 4) is 0 Å². The van der Waals surface area contributed by atoms with E-state index in [-0.39, 0.29) is 0 Å². The van der Waals surface area contributed by atoms with Crippen LogP contribution in [0.5, 0.6) is 0 Å². The van der Waals surface area contributed by atoms with Crippen LogP contribution in [0.3, 0.4) is 0 Å². The Morgan fingerprint density at radius 3 is 3.23 bits per heavy atom. The highest BCUT2D eigenvalue weighted by Gasteiger charge is 2.01. The first-order chi connectivity index (χ1) is 6.38. The second-order valence-corrected chi connectivity index (χ2v) is 3.12. The molecule has 1 heterocycles. The van der Waals surface area contributed by atoms with Gasteiger partial charge in [-0.1, -0.05) is 0 Å². The molecule has 0 aliphatic heterocycles. The molecule has 0 saturated carbocycles. The van der Waals surface area contributed by atoms with Crippen LogP contribution in [0.1, 0.15) is 4.88 Å².